The Labute approximate surface area is 124 Å². The van der Waals surface area contributed by atoms with Crippen LogP contribution in [0, 0.1) is 0 Å². The van der Waals surface area contributed by atoms with Gasteiger partial charge in [-0.3, -0.25) is 0 Å². The molecule has 4 nitrogen and oxygen atoms in total. The summed E-state index contributed by atoms with van der Waals surface area (Å²) in [5.74, 6) is 0. The third-order valence-corrected chi connectivity index (χ3v) is 3.08. The highest BCUT2D eigenvalue weighted by Crippen LogP contribution is 2.35. The van der Waals surface area contributed by atoms with Crippen molar-refractivity contribution >= 4 is 11.6 Å². The van der Waals surface area contributed by atoms with Gasteiger partial charge in [-0.25, -0.2) is 4.68 Å². The molecule has 21 heavy (non-hydrogen) atoms. The summed E-state index contributed by atoms with van der Waals surface area (Å²) in [6.07, 6.45) is -2.14. The van der Waals surface area contributed by atoms with Gasteiger partial charge in [-0.1, -0.05) is 23.7 Å². The van der Waals surface area contributed by atoms with Crippen LogP contribution in [-0.2, 0) is 12.7 Å². The van der Waals surface area contributed by atoms with Gasteiger partial charge in [0.1, 0.15) is 0 Å². The van der Waals surface area contributed by atoms with Gasteiger partial charge in [-0.15, -0.1) is 5.10 Å². The molecule has 1 aromatic heterocycles. The van der Waals surface area contributed by atoms with Crippen LogP contribution in [0.3, 0.4) is 0 Å². The van der Waals surface area contributed by atoms with E-state index in [-0.39, 0.29) is 10.7 Å². The van der Waals surface area contributed by atoms with Gasteiger partial charge in [-0.2, -0.15) is 13.2 Å². The minimum Gasteiger partial charge on any atom is -0.311 e. The topological polar surface area (TPSA) is 42.7 Å². The lowest BCUT2D eigenvalue weighted by molar-refractivity contribution is -0.137. The lowest BCUT2D eigenvalue weighted by Gasteiger charge is -2.14. The van der Waals surface area contributed by atoms with E-state index in [2.05, 4.69) is 15.6 Å². The second-order valence-corrected chi connectivity index (χ2v) is 4.91. The maximum Gasteiger partial charge on any atom is 0.418 e. The molecule has 0 atom stereocenters. The summed E-state index contributed by atoms with van der Waals surface area (Å²) in [5.41, 5.74) is -0.369. The highest BCUT2D eigenvalue weighted by atomic mass is 35.5. The molecule has 2 rings (SSSR count). The molecule has 0 saturated carbocycles. The average Bonchev–Trinajstić information content (AvgIpc) is 2.86. The molecule has 114 valence electrons. The Morgan fingerprint density at radius 1 is 1.33 bits per heavy atom. The van der Waals surface area contributed by atoms with Crippen LogP contribution < -0.4 is 5.32 Å². The van der Waals surface area contributed by atoms with Gasteiger partial charge in [0.05, 0.1) is 23.1 Å². The van der Waals surface area contributed by atoms with Crippen molar-refractivity contribution < 1.29 is 13.2 Å². The Morgan fingerprint density at radius 3 is 2.76 bits per heavy atom. The van der Waals surface area contributed by atoms with Crippen molar-refractivity contribution in [2.45, 2.75) is 26.1 Å². The smallest absolute Gasteiger partial charge is 0.311 e. The molecule has 0 spiro atoms. The third kappa shape index (κ3) is 3.74. The van der Waals surface area contributed by atoms with E-state index in [9.17, 15) is 13.2 Å². The molecule has 0 radical (unpaired) electrons. The first kappa shape index (κ1) is 15.8. The first-order chi connectivity index (χ1) is 9.93. The second kappa shape index (κ2) is 6.44. The maximum atomic E-state index is 13.1. The standard InChI is InChI=1S/C13H14ClF3N4/c1-2-5-18-7-10-8-19-20-21(10)12-4-3-9(14)6-11(12)13(15,16)17/h3-4,6,8,18H,2,5,7H2,1H3. The zero-order chi connectivity index (χ0) is 15.5. The minimum atomic E-state index is -4.51. The fraction of sp³-hybridized carbons (Fsp3) is 0.385. The van der Waals surface area contributed by atoms with E-state index in [1.54, 1.807) is 0 Å². The summed E-state index contributed by atoms with van der Waals surface area (Å²) >= 11 is 5.67. The minimum absolute atomic E-state index is 0.0249. The summed E-state index contributed by atoms with van der Waals surface area (Å²) in [6.45, 7) is 3.15. The number of hydrogen-bond donors (Lipinski definition) is 1. The fourth-order valence-corrected chi connectivity index (χ4v) is 2.07. The maximum absolute atomic E-state index is 13.1. The molecular formula is C13H14ClF3N4. The van der Waals surface area contributed by atoms with Gasteiger partial charge in [0.15, 0.2) is 0 Å². The zero-order valence-corrected chi connectivity index (χ0v) is 12.0. The van der Waals surface area contributed by atoms with E-state index in [1.165, 1.54) is 23.0 Å². The number of alkyl halides is 3. The molecule has 0 amide bonds. The quantitative estimate of drug-likeness (QED) is 0.859. The van der Waals surface area contributed by atoms with Crippen LogP contribution in [-0.4, -0.2) is 21.5 Å². The third-order valence-electron chi connectivity index (χ3n) is 2.84. The number of hydrogen-bond acceptors (Lipinski definition) is 3. The van der Waals surface area contributed by atoms with Crippen molar-refractivity contribution in [2.24, 2.45) is 0 Å². The van der Waals surface area contributed by atoms with Crippen LogP contribution in [0.5, 0.6) is 0 Å². The Bertz CT molecular complexity index is 610. The van der Waals surface area contributed by atoms with Crippen molar-refractivity contribution in [1.29, 1.82) is 0 Å². The van der Waals surface area contributed by atoms with Crippen LogP contribution in [0.25, 0.3) is 5.69 Å². The predicted octanol–water partition coefficient (Wildman–Crippen LogP) is 3.44. The van der Waals surface area contributed by atoms with E-state index in [4.69, 9.17) is 11.6 Å². The van der Waals surface area contributed by atoms with Gasteiger partial charge in [-0.05, 0) is 31.2 Å². The monoisotopic (exact) mass is 318 g/mol. The molecule has 0 unspecified atom stereocenters. The number of nitrogens with one attached hydrogen (secondary N) is 1. The highest BCUT2D eigenvalue weighted by Gasteiger charge is 2.35. The normalized spacial score (nSPS) is 11.9. The molecule has 0 aliphatic rings. The van der Waals surface area contributed by atoms with Gasteiger partial charge in [0, 0.05) is 11.6 Å². The molecule has 2 aromatic rings. The van der Waals surface area contributed by atoms with E-state index < -0.39 is 11.7 Å². The largest absolute Gasteiger partial charge is 0.418 e. The van der Waals surface area contributed by atoms with E-state index in [0.717, 1.165) is 19.0 Å². The Kier molecular flexibility index (Phi) is 4.84. The van der Waals surface area contributed by atoms with E-state index in [1.807, 2.05) is 6.92 Å². The lowest BCUT2D eigenvalue weighted by Crippen LogP contribution is -2.18. The van der Waals surface area contributed by atoms with Crippen molar-refractivity contribution in [3.8, 4) is 5.69 Å². The van der Waals surface area contributed by atoms with Crippen LogP contribution in [0.1, 0.15) is 24.6 Å². The van der Waals surface area contributed by atoms with Crippen LogP contribution >= 0.6 is 11.6 Å². The second-order valence-electron chi connectivity index (χ2n) is 4.47. The Hall–Kier alpha value is -1.60. The Balaban J connectivity index is 2.41. The molecule has 0 aliphatic heterocycles. The molecule has 1 aromatic carbocycles. The van der Waals surface area contributed by atoms with Crippen molar-refractivity contribution in [3.63, 3.8) is 0 Å². The zero-order valence-electron chi connectivity index (χ0n) is 11.3. The van der Waals surface area contributed by atoms with Gasteiger partial charge in [0.2, 0.25) is 0 Å². The number of aromatic nitrogens is 3. The first-order valence-corrected chi connectivity index (χ1v) is 6.78. The summed E-state index contributed by atoms with van der Waals surface area (Å²) in [6, 6.07) is 3.59. The molecule has 0 saturated heterocycles. The molecule has 0 aliphatic carbocycles. The van der Waals surface area contributed by atoms with Crippen LogP contribution in [0.2, 0.25) is 5.02 Å². The fourth-order valence-electron chi connectivity index (χ4n) is 1.89. The van der Waals surface area contributed by atoms with Crippen molar-refractivity contribution in [1.82, 2.24) is 20.3 Å². The summed E-state index contributed by atoms with van der Waals surface area (Å²) in [7, 11) is 0. The number of nitrogens with zero attached hydrogens (tertiary/aromatic N) is 3. The van der Waals surface area contributed by atoms with Crippen LogP contribution in [0.4, 0.5) is 13.2 Å². The predicted molar refractivity (Wildman–Crippen MR) is 73.4 cm³/mol. The number of benzene rings is 1. The SMILES string of the molecule is CCCNCc1cnnn1-c1ccc(Cl)cc1C(F)(F)F. The number of rotatable bonds is 5. The van der Waals surface area contributed by atoms with Gasteiger partial charge < -0.3 is 5.32 Å². The van der Waals surface area contributed by atoms with Crippen LogP contribution in [0.15, 0.2) is 24.4 Å². The van der Waals surface area contributed by atoms with Gasteiger partial charge in [0.25, 0.3) is 0 Å². The summed E-state index contributed by atoms with van der Waals surface area (Å²) < 4.78 is 40.6. The van der Waals surface area contributed by atoms with Crippen molar-refractivity contribution in [2.75, 3.05) is 6.54 Å². The highest BCUT2D eigenvalue weighted by molar-refractivity contribution is 6.30. The molecule has 1 heterocycles. The van der Waals surface area contributed by atoms with E-state index in [0.29, 0.717) is 12.2 Å². The Morgan fingerprint density at radius 2 is 2.10 bits per heavy atom. The van der Waals surface area contributed by atoms with Crippen molar-refractivity contribution in [3.05, 3.63) is 40.7 Å². The summed E-state index contributed by atoms with van der Waals surface area (Å²) in [4.78, 5) is 0. The molecular weight excluding hydrogens is 305 g/mol. The molecule has 8 heteroatoms. The van der Waals surface area contributed by atoms with E-state index >= 15 is 0 Å². The first-order valence-electron chi connectivity index (χ1n) is 6.41. The van der Waals surface area contributed by atoms with Gasteiger partial charge >= 0.3 is 6.18 Å². The lowest BCUT2D eigenvalue weighted by atomic mass is 10.1. The molecule has 1 N–H and O–H groups in total. The average molecular weight is 319 g/mol. The summed E-state index contributed by atoms with van der Waals surface area (Å²) in [5, 5.41) is 10.6. The number of halogens is 4. The molecule has 0 fully saturated rings. The molecule has 0 bridgehead atoms.